The predicted molar refractivity (Wildman–Crippen MR) is 72.8 cm³/mol. The van der Waals surface area contributed by atoms with E-state index < -0.39 is 0 Å². The van der Waals surface area contributed by atoms with Crippen molar-refractivity contribution in [1.29, 1.82) is 0 Å². The number of anilines is 1. The first-order valence-electron chi connectivity index (χ1n) is 5.76. The van der Waals surface area contributed by atoms with Gasteiger partial charge in [-0.3, -0.25) is 14.6 Å². The van der Waals surface area contributed by atoms with Crippen LogP contribution in [0.3, 0.4) is 0 Å². The number of hydrogen-bond acceptors (Lipinski definition) is 3. The van der Waals surface area contributed by atoms with Crippen LogP contribution in [-0.4, -0.2) is 16.8 Å². The summed E-state index contributed by atoms with van der Waals surface area (Å²) in [5.74, 6) is -0.339. The Hall–Kier alpha value is -1.43. The van der Waals surface area contributed by atoms with Crippen LogP contribution in [0.1, 0.15) is 32.1 Å². The van der Waals surface area contributed by atoms with E-state index in [1.807, 2.05) is 0 Å². The maximum atomic E-state index is 11.6. The molecule has 0 aliphatic rings. The van der Waals surface area contributed by atoms with Gasteiger partial charge in [-0.25, -0.2) is 0 Å². The maximum absolute atomic E-state index is 11.6. The summed E-state index contributed by atoms with van der Waals surface area (Å²) in [4.78, 5) is 26.0. The maximum Gasteiger partial charge on any atom is 0.224 e. The van der Waals surface area contributed by atoms with E-state index >= 15 is 0 Å². The number of hydrogen-bond donors (Lipinski definition) is 2. The molecule has 1 heterocycles. The van der Waals surface area contributed by atoms with Crippen molar-refractivity contribution in [2.75, 3.05) is 5.32 Å². The Balaban J connectivity index is 2.20. The summed E-state index contributed by atoms with van der Waals surface area (Å²) in [6.07, 6.45) is 6.38. The van der Waals surface area contributed by atoms with Gasteiger partial charge in [0, 0.05) is 23.5 Å². The zero-order valence-corrected chi connectivity index (χ0v) is 11.6. The number of amides is 2. The number of nitrogens with two attached hydrogens (primary N) is 1. The average Bonchev–Trinajstić information content (AvgIpc) is 2.28. The second-order valence-corrected chi connectivity index (χ2v) is 4.88. The Morgan fingerprint density at radius 2 is 1.94 bits per heavy atom. The molecule has 3 N–H and O–H groups in total. The third-order valence-corrected chi connectivity index (χ3v) is 2.75. The lowest BCUT2D eigenvalue weighted by Crippen LogP contribution is -2.12. The molecule has 0 aliphatic carbocycles. The van der Waals surface area contributed by atoms with E-state index in [-0.39, 0.29) is 11.8 Å². The monoisotopic (exact) mass is 313 g/mol. The molecular weight excluding hydrogens is 298 g/mol. The smallest absolute Gasteiger partial charge is 0.224 e. The lowest BCUT2D eigenvalue weighted by molar-refractivity contribution is -0.118. The molecule has 6 heteroatoms. The largest absolute Gasteiger partial charge is 0.370 e. The summed E-state index contributed by atoms with van der Waals surface area (Å²) < 4.78 is 0.821. The van der Waals surface area contributed by atoms with Crippen LogP contribution in [0, 0.1) is 0 Å². The Labute approximate surface area is 114 Å². The Morgan fingerprint density at radius 1 is 1.22 bits per heavy atom. The fraction of sp³-hybridized carbons (Fsp3) is 0.417. The molecule has 2 amide bonds. The van der Waals surface area contributed by atoms with Gasteiger partial charge in [0.05, 0.1) is 11.9 Å². The van der Waals surface area contributed by atoms with Gasteiger partial charge < -0.3 is 11.1 Å². The molecule has 0 saturated carbocycles. The topological polar surface area (TPSA) is 85.1 Å². The summed E-state index contributed by atoms with van der Waals surface area (Å²) in [5, 5.41) is 2.76. The predicted octanol–water partition coefficient (Wildman–Crippen LogP) is 2.22. The molecule has 0 fully saturated rings. The quantitative estimate of drug-likeness (QED) is 0.757. The van der Waals surface area contributed by atoms with E-state index in [4.69, 9.17) is 5.73 Å². The minimum atomic E-state index is -0.292. The van der Waals surface area contributed by atoms with Gasteiger partial charge in [0.25, 0.3) is 0 Å². The molecule has 5 nitrogen and oxygen atoms in total. The highest BCUT2D eigenvalue weighted by molar-refractivity contribution is 9.10. The molecule has 0 radical (unpaired) electrons. The van der Waals surface area contributed by atoms with E-state index in [0.29, 0.717) is 18.5 Å². The van der Waals surface area contributed by atoms with E-state index in [2.05, 4.69) is 26.2 Å². The number of nitrogens with one attached hydrogen (secondary N) is 1. The van der Waals surface area contributed by atoms with Crippen molar-refractivity contribution in [2.24, 2.45) is 5.73 Å². The number of pyridine rings is 1. The van der Waals surface area contributed by atoms with Crippen LogP contribution in [0.2, 0.25) is 0 Å². The standard InChI is InChI=1S/C12H16BrN3O2/c13-9-6-10(8-15-7-9)16-12(18)5-3-1-2-4-11(14)17/h6-8H,1-5H2,(H2,14,17)(H,16,18). The second-order valence-electron chi connectivity index (χ2n) is 3.97. The van der Waals surface area contributed by atoms with Gasteiger partial charge in [-0.2, -0.15) is 0 Å². The van der Waals surface area contributed by atoms with Gasteiger partial charge in [0.1, 0.15) is 0 Å². The Bertz CT molecular complexity index is 424. The van der Waals surface area contributed by atoms with Crippen molar-refractivity contribution in [3.05, 3.63) is 22.9 Å². The fourth-order valence-electron chi connectivity index (χ4n) is 1.47. The molecule has 1 aromatic heterocycles. The highest BCUT2D eigenvalue weighted by Gasteiger charge is 2.03. The van der Waals surface area contributed by atoms with Crippen molar-refractivity contribution in [3.63, 3.8) is 0 Å². The van der Waals surface area contributed by atoms with Gasteiger partial charge >= 0.3 is 0 Å². The number of carbonyl (C=O) groups excluding carboxylic acids is 2. The highest BCUT2D eigenvalue weighted by Crippen LogP contribution is 2.14. The summed E-state index contributed by atoms with van der Waals surface area (Å²) in [7, 11) is 0. The number of rotatable bonds is 7. The lowest BCUT2D eigenvalue weighted by Gasteiger charge is -2.04. The first-order chi connectivity index (χ1) is 8.58. The molecule has 0 aliphatic heterocycles. The van der Waals surface area contributed by atoms with Crippen LogP contribution in [0.15, 0.2) is 22.9 Å². The number of primary amides is 1. The molecule has 0 spiro atoms. The molecule has 0 atom stereocenters. The van der Waals surface area contributed by atoms with Crippen LogP contribution in [0.4, 0.5) is 5.69 Å². The summed E-state index contributed by atoms with van der Waals surface area (Å²) >= 11 is 3.28. The van der Waals surface area contributed by atoms with E-state index in [0.717, 1.165) is 23.7 Å². The minimum absolute atomic E-state index is 0.0472. The summed E-state index contributed by atoms with van der Waals surface area (Å²) in [6, 6.07) is 1.79. The fourth-order valence-corrected chi connectivity index (χ4v) is 1.83. The third kappa shape index (κ3) is 6.34. The van der Waals surface area contributed by atoms with Crippen LogP contribution < -0.4 is 11.1 Å². The molecule has 0 aromatic carbocycles. The lowest BCUT2D eigenvalue weighted by atomic mass is 10.1. The van der Waals surface area contributed by atoms with E-state index in [1.54, 1.807) is 18.5 Å². The van der Waals surface area contributed by atoms with Gasteiger partial charge in [0.15, 0.2) is 0 Å². The molecule has 1 rings (SSSR count). The normalized spacial score (nSPS) is 10.1. The Morgan fingerprint density at radius 3 is 2.61 bits per heavy atom. The molecule has 0 saturated heterocycles. The van der Waals surface area contributed by atoms with Crippen molar-refractivity contribution >= 4 is 33.4 Å². The van der Waals surface area contributed by atoms with Gasteiger partial charge in [-0.05, 0) is 34.8 Å². The van der Waals surface area contributed by atoms with Crippen LogP contribution in [0.5, 0.6) is 0 Å². The first-order valence-corrected chi connectivity index (χ1v) is 6.56. The first kappa shape index (κ1) is 14.6. The second kappa shape index (κ2) is 7.81. The van der Waals surface area contributed by atoms with Crippen LogP contribution >= 0.6 is 15.9 Å². The zero-order valence-electron chi connectivity index (χ0n) is 9.99. The van der Waals surface area contributed by atoms with Crippen molar-refractivity contribution in [2.45, 2.75) is 32.1 Å². The van der Waals surface area contributed by atoms with Gasteiger partial charge in [-0.1, -0.05) is 6.42 Å². The molecule has 18 heavy (non-hydrogen) atoms. The number of unbranched alkanes of at least 4 members (excludes halogenated alkanes) is 2. The molecular formula is C12H16BrN3O2. The molecule has 0 unspecified atom stereocenters. The van der Waals surface area contributed by atoms with Gasteiger partial charge in [-0.15, -0.1) is 0 Å². The minimum Gasteiger partial charge on any atom is -0.370 e. The average molecular weight is 314 g/mol. The van der Waals surface area contributed by atoms with Gasteiger partial charge in [0.2, 0.25) is 11.8 Å². The number of aromatic nitrogens is 1. The summed E-state index contributed by atoms with van der Waals surface area (Å²) in [6.45, 7) is 0. The summed E-state index contributed by atoms with van der Waals surface area (Å²) in [5.41, 5.74) is 5.69. The molecule has 0 bridgehead atoms. The number of halogens is 1. The Kier molecular flexibility index (Phi) is 6.35. The van der Waals surface area contributed by atoms with E-state index in [1.165, 1.54) is 0 Å². The SMILES string of the molecule is NC(=O)CCCCCC(=O)Nc1cncc(Br)c1. The number of nitrogens with zero attached hydrogens (tertiary/aromatic N) is 1. The van der Waals surface area contributed by atoms with Crippen LogP contribution in [0.25, 0.3) is 0 Å². The van der Waals surface area contributed by atoms with E-state index in [9.17, 15) is 9.59 Å². The van der Waals surface area contributed by atoms with Crippen molar-refractivity contribution in [1.82, 2.24) is 4.98 Å². The third-order valence-electron chi connectivity index (χ3n) is 2.32. The molecule has 1 aromatic rings. The molecule has 98 valence electrons. The van der Waals surface area contributed by atoms with Crippen molar-refractivity contribution in [3.8, 4) is 0 Å². The van der Waals surface area contributed by atoms with Crippen LogP contribution in [-0.2, 0) is 9.59 Å². The van der Waals surface area contributed by atoms with Crippen molar-refractivity contribution < 1.29 is 9.59 Å². The number of carbonyl (C=O) groups is 2. The highest BCUT2D eigenvalue weighted by atomic mass is 79.9. The zero-order chi connectivity index (χ0) is 13.4.